The minimum absolute atomic E-state index is 0.607. The maximum atomic E-state index is 5.67. The van der Waals surface area contributed by atoms with Crippen molar-refractivity contribution in [3.63, 3.8) is 0 Å². The van der Waals surface area contributed by atoms with Gasteiger partial charge in [-0.15, -0.1) is 11.3 Å². The normalized spacial score (nSPS) is 14.0. The fourth-order valence-electron chi connectivity index (χ4n) is 3.03. The highest BCUT2D eigenvalue weighted by Gasteiger charge is 2.14. The lowest BCUT2D eigenvalue weighted by Crippen LogP contribution is -2.39. The molecule has 1 aliphatic carbocycles. The topological polar surface area (TPSA) is 58.5 Å². The summed E-state index contributed by atoms with van der Waals surface area (Å²) >= 11 is 1.91. The molecule has 0 bridgehead atoms. The number of hydrogen-bond donors (Lipinski definition) is 2. The van der Waals surface area contributed by atoms with Crippen molar-refractivity contribution >= 4 is 17.3 Å². The number of ether oxygens (including phenoxy) is 1. The average molecular weight is 373 g/mol. The van der Waals surface area contributed by atoms with Gasteiger partial charge in [0.25, 0.3) is 0 Å². The van der Waals surface area contributed by atoms with E-state index in [4.69, 9.17) is 9.72 Å². The number of rotatable bonds is 8. The minimum atomic E-state index is 0.607. The van der Waals surface area contributed by atoms with Gasteiger partial charge in [0.05, 0.1) is 17.2 Å². The van der Waals surface area contributed by atoms with Crippen LogP contribution in [0.1, 0.15) is 34.8 Å². The Bertz CT molecular complexity index is 676. The Morgan fingerprint density at radius 3 is 2.77 bits per heavy atom. The first-order chi connectivity index (χ1) is 12.8. The van der Waals surface area contributed by atoms with Gasteiger partial charge in [-0.2, -0.15) is 0 Å². The number of fused-ring (bicyclic) bond motifs is 1. The van der Waals surface area contributed by atoms with E-state index in [0.717, 1.165) is 31.1 Å². The summed E-state index contributed by atoms with van der Waals surface area (Å²) in [4.78, 5) is 10.6. The van der Waals surface area contributed by atoms with E-state index in [9.17, 15) is 0 Å². The molecule has 1 aromatic carbocycles. The van der Waals surface area contributed by atoms with Gasteiger partial charge in [-0.3, -0.25) is 4.99 Å². The van der Waals surface area contributed by atoms with Gasteiger partial charge in [0, 0.05) is 24.9 Å². The zero-order valence-electron chi connectivity index (χ0n) is 15.5. The van der Waals surface area contributed by atoms with Crippen LogP contribution in [-0.2, 0) is 19.3 Å². The van der Waals surface area contributed by atoms with Crippen molar-refractivity contribution in [3.05, 3.63) is 45.9 Å². The smallest absolute Gasteiger partial charge is 0.191 e. The van der Waals surface area contributed by atoms with Crippen LogP contribution in [-0.4, -0.2) is 37.7 Å². The number of para-hydroxylation sites is 1. The predicted octanol–water partition coefficient (Wildman–Crippen LogP) is 3.20. The molecule has 26 heavy (non-hydrogen) atoms. The number of aromatic nitrogens is 1. The van der Waals surface area contributed by atoms with E-state index >= 15 is 0 Å². The van der Waals surface area contributed by atoms with Gasteiger partial charge >= 0.3 is 0 Å². The Morgan fingerprint density at radius 1 is 1.15 bits per heavy atom. The van der Waals surface area contributed by atoms with E-state index in [1.165, 1.54) is 41.3 Å². The van der Waals surface area contributed by atoms with E-state index in [1.54, 1.807) is 7.05 Å². The minimum Gasteiger partial charge on any atom is -0.492 e. The molecule has 0 radical (unpaired) electrons. The molecular formula is C20H28N4OS. The van der Waals surface area contributed by atoms with Crippen LogP contribution in [0.2, 0.25) is 0 Å². The Balaban J connectivity index is 1.29. The van der Waals surface area contributed by atoms with Gasteiger partial charge in [-0.05, 0) is 44.2 Å². The quantitative estimate of drug-likeness (QED) is 0.424. The first kappa shape index (κ1) is 18.7. The second kappa shape index (κ2) is 10.2. The third-order valence-corrected chi connectivity index (χ3v) is 5.60. The maximum absolute atomic E-state index is 5.67. The highest BCUT2D eigenvalue weighted by atomic mass is 32.1. The molecule has 6 heteroatoms. The van der Waals surface area contributed by atoms with Crippen molar-refractivity contribution in [3.8, 4) is 5.75 Å². The first-order valence-corrected chi connectivity index (χ1v) is 10.3. The van der Waals surface area contributed by atoms with Crippen LogP contribution in [0.5, 0.6) is 5.75 Å². The summed E-state index contributed by atoms with van der Waals surface area (Å²) < 4.78 is 5.67. The molecule has 0 unspecified atom stereocenters. The van der Waals surface area contributed by atoms with Gasteiger partial charge in [0.15, 0.2) is 5.96 Å². The lowest BCUT2D eigenvalue weighted by molar-refractivity contribution is 0.322. The molecule has 1 aromatic heterocycles. The second-order valence-electron chi connectivity index (χ2n) is 6.38. The molecule has 0 amide bonds. The zero-order chi connectivity index (χ0) is 18.0. The third kappa shape index (κ3) is 5.73. The second-order valence-corrected chi connectivity index (χ2v) is 7.54. The fourth-order valence-corrected chi connectivity index (χ4v) is 4.23. The van der Waals surface area contributed by atoms with Crippen molar-refractivity contribution in [1.82, 2.24) is 15.6 Å². The molecule has 5 nitrogen and oxygen atoms in total. The van der Waals surface area contributed by atoms with Crippen LogP contribution in [0.3, 0.4) is 0 Å². The van der Waals surface area contributed by atoms with E-state index in [2.05, 4.69) is 15.6 Å². The van der Waals surface area contributed by atoms with Gasteiger partial charge in [0.1, 0.15) is 12.4 Å². The van der Waals surface area contributed by atoms with E-state index in [1.807, 2.05) is 41.7 Å². The van der Waals surface area contributed by atoms with Crippen LogP contribution < -0.4 is 15.4 Å². The SMILES string of the molecule is CN=C(NCCCc1nc2c(s1)CCCC2)NCCOc1ccccc1. The lowest BCUT2D eigenvalue weighted by atomic mass is 10.0. The number of aryl methyl sites for hydroxylation is 3. The number of benzene rings is 1. The van der Waals surface area contributed by atoms with Gasteiger partial charge in [-0.25, -0.2) is 4.98 Å². The fraction of sp³-hybridized carbons (Fsp3) is 0.500. The summed E-state index contributed by atoms with van der Waals surface area (Å²) in [6, 6.07) is 9.86. The summed E-state index contributed by atoms with van der Waals surface area (Å²) in [5.74, 6) is 1.71. The van der Waals surface area contributed by atoms with E-state index < -0.39 is 0 Å². The Morgan fingerprint density at radius 2 is 1.96 bits per heavy atom. The summed E-state index contributed by atoms with van der Waals surface area (Å²) in [6.07, 6.45) is 7.13. The molecule has 0 spiro atoms. The Kier molecular flexibility index (Phi) is 7.31. The molecule has 2 aromatic rings. The summed E-state index contributed by atoms with van der Waals surface area (Å²) in [6.45, 7) is 2.21. The molecule has 3 rings (SSSR count). The Labute approximate surface area is 159 Å². The highest BCUT2D eigenvalue weighted by Crippen LogP contribution is 2.27. The average Bonchev–Trinajstić information content (AvgIpc) is 3.10. The van der Waals surface area contributed by atoms with Crippen LogP contribution in [0.4, 0.5) is 0 Å². The summed E-state index contributed by atoms with van der Waals surface area (Å²) in [5.41, 5.74) is 1.36. The summed E-state index contributed by atoms with van der Waals surface area (Å²) in [5, 5.41) is 7.93. The molecule has 140 valence electrons. The number of guanidine groups is 1. The molecule has 2 N–H and O–H groups in total. The first-order valence-electron chi connectivity index (χ1n) is 9.45. The molecule has 1 heterocycles. The van der Waals surface area contributed by atoms with Crippen LogP contribution in [0.15, 0.2) is 35.3 Å². The van der Waals surface area contributed by atoms with Gasteiger partial charge in [-0.1, -0.05) is 18.2 Å². The largest absolute Gasteiger partial charge is 0.492 e. The maximum Gasteiger partial charge on any atom is 0.191 e. The van der Waals surface area contributed by atoms with Crippen molar-refractivity contribution in [1.29, 1.82) is 0 Å². The molecule has 0 saturated carbocycles. The highest BCUT2D eigenvalue weighted by molar-refractivity contribution is 7.11. The Hall–Kier alpha value is -2.08. The lowest BCUT2D eigenvalue weighted by Gasteiger charge is -2.12. The van der Waals surface area contributed by atoms with Crippen molar-refractivity contribution in [2.45, 2.75) is 38.5 Å². The summed E-state index contributed by atoms with van der Waals surface area (Å²) in [7, 11) is 1.79. The molecule has 0 aliphatic heterocycles. The number of thiazole rings is 1. The van der Waals surface area contributed by atoms with Gasteiger partial charge < -0.3 is 15.4 Å². The number of nitrogens with zero attached hydrogens (tertiary/aromatic N) is 2. The molecule has 0 atom stereocenters. The zero-order valence-corrected chi connectivity index (χ0v) is 16.3. The molecule has 1 aliphatic rings. The molecular weight excluding hydrogens is 344 g/mol. The van der Waals surface area contributed by atoms with E-state index in [0.29, 0.717) is 13.2 Å². The van der Waals surface area contributed by atoms with E-state index in [-0.39, 0.29) is 0 Å². The standard InChI is InChI=1S/C20H28N4OS/c1-21-20(23-14-15-25-16-8-3-2-4-9-16)22-13-7-12-19-24-17-10-5-6-11-18(17)26-19/h2-4,8-9H,5-7,10-15H2,1H3,(H2,21,22,23). The van der Waals surface area contributed by atoms with Crippen LogP contribution in [0, 0.1) is 0 Å². The van der Waals surface area contributed by atoms with Crippen molar-refractivity contribution in [2.24, 2.45) is 4.99 Å². The van der Waals surface area contributed by atoms with Crippen molar-refractivity contribution in [2.75, 3.05) is 26.7 Å². The van der Waals surface area contributed by atoms with Crippen molar-refractivity contribution < 1.29 is 4.74 Å². The van der Waals surface area contributed by atoms with Crippen LogP contribution >= 0.6 is 11.3 Å². The van der Waals surface area contributed by atoms with Crippen LogP contribution in [0.25, 0.3) is 0 Å². The van der Waals surface area contributed by atoms with Gasteiger partial charge in [0.2, 0.25) is 0 Å². The number of aliphatic imine (C=N–C) groups is 1. The molecule has 0 saturated heterocycles. The third-order valence-electron chi connectivity index (χ3n) is 4.38. The molecule has 0 fully saturated rings. The number of nitrogens with one attached hydrogen (secondary N) is 2. The monoisotopic (exact) mass is 372 g/mol. The number of hydrogen-bond acceptors (Lipinski definition) is 4. The predicted molar refractivity (Wildman–Crippen MR) is 108 cm³/mol.